The molecule has 0 saturated heterocycles. The van der Waals surface area contributed by atoms with Crippen LogP contribution >= 0.6 is 0 Å². The third-order valence-corrected chi connectivity index (χ3v) is 3.79. The summed E-state index contributed by atoms with van der Waals surface area (Å²) in [5.41, 5.74) is -0.964. The van der Waals surface area contributed by atoms with E-state index in [1.54, 1.807) is 20.8 Å². The first-order valence-corrected chi connectivity index (χ1v) is 10.1. The Balaban J connectivity index is 4.43. The third-order valence-electron chi connectivity index (χ3n) is 3.79. The SMILES string of the molecule is CCCCCCCCCC(=O)[C@H](COC(C)(C)C)NC(=O)OC(C)(C)C. The van der Waals surface area contributed by atoms with Crippen molar-refractivity contribution in [1.82, 2.24) is 5.32 Å². The van der Waals surface area contributed by atoms with Crippen LogP contribution in [-0.2, 0) is 14.3 Å². The minimum absolute atomic E-state index is 0.00803. The molecule has 0 bridgehead atoms. The topological polar surface area (TPSA) is 64.6 Å². The van der Waals surface area contributed by atoms with Crippen LogP contribution in [0.2, 0.25) is 0 Å². The summed E-state index contributed by atoms with van der Waals surface area (Å²) in [4.78, 5) is 24.6. The van der Waals surface area contributed by atoms with E-state index in [2.05, 4.69) is 12.2 Å². The van der Waals surface area contributed by atoms with Gasteiger partial charge in [-0.3, -0.25) is 4.79 Å². The van der Waals surface area contributed by atoms with E-state index in [0.717, 1.165) is 19.3 Å². The van der Waals surface area contributed by atoms with Crippen molar-refractivity contribution in [2.24, 2.45) is 0 Å². The number of carbonyl (C=O) groups is 2. The van der Waals surface area contributed by atoms with Crippen molar-refractivity contribution >= 4 is 11.9 Å². The predicted octanol–water partition coefficient (Wildman–Crippen LogP) is 5.40. The molecule has 0 aromatic heterocycles. The van der Waals surface area contributed by atoms with Gasteiger partial charge >= 0.3 is 6.09 Å². The molecule has 0 aliphatic carbocycles. The summed E-state index contributed by atoms with van der Waals surface area (Å²) in [6.07, 6.45) is 7.98. The van der Waals surface area contributed by atoms with E-state index in [0.29, 0.717) is 6.42 Å². The van der Waals surface area contributed by atoms with Crippen LogP contribution in [0.5, 0.6) is 0 Å². The lowest BCUT2D eigenvalue weighted by Gasteiger charge is -2.26. The molecule has 0 aliphatic heterocycles. The van der Waals surface area contributed by atoms with Gasteiger partial charge in [0.15, 0.2) is 5.78 Å². The summed E-state index contributed by atoms with van der Waals surface area (Å²) >= 11 is 0. The molecular formula is C21H41NO4. The highest BCUT2D eigenvalue weighted by Crippen LogP contribution is 2.13. The van der Waals surface area contributed by atoms with Gasteiger partial charge in [-0.15, -0.1) is 0 Å². The van der Waals surface area contributed by atoms with E-state index in [1.807, 2.05) is 20.8 Å². The second-order valence-electron chi connectivity index (χ2n) is 8.96. The predicted molar refractivity (Wildman–Crippen MR) is 106 cm³/mol. The second kappa shape index (κ2) is 12.3. The lowest BCUT2D eigenvalue weighted by molar-refractivity contribution is -0.124. The van der Waals surface area contributed by atoms with Crippen LogP contribution in [0.4, 0.5) is 4.79 Å². The normalized spacial score (nSPS) is 13.3. The molecule has 0 spiro atoms. The highest BCUT2D eigenvalue weighted by molar-refractivity contribution is 5.87. The number of ether oxygens (including phenoxy) is 2. The van der Waals surface area contributed by atoms with E-state index in [9.17, 15) is 9.59 Å². The Morgan fingerprint density at radius 2 is 1.38 bits per heavy atom. The summed E-state index contributed by atoms with van der Waals surface area (Å²) in [7, 11) is 0. The molecule has 1 amide bonds. The number of unbranched alkanes of at least 4 members (excludes halogenated alkanes) is 6. The fraction of sp³-hybridized carbons (Fsp3) is 0.905. The Morgan fingerprint density at radius 3 is 1.88 bits per heavy atom. The summed E-state index contributed by atoms with van der Waals surface area (Å²) < 4.78 is 11.0. The van der Waals surface area contributed by atoms with Crippen LogP contribution in [0.3, 0.4) is 0 Å². The Hall–Kier alpha value is -1.10. The molecule has 0 aromatic rings. The van der Waals surface area contributed by atoms with Crippen LogP contribution < -0.4 is 5.32 Å². The number of rotatable bonds is 12. The van der Waals surface area contributed by atoms with Gasteiger partial charge < -0.3 is 14.8 Å². The lowest BCUT2D eigenvalue weighted by atomic mass is 10.0. The lowest BCUT2D eigenvalue weighted by Crippen LogP contribution is -2.47. The first kappa shape index (κ1) is 24.9. The highest BCUT2D eigenvalue weighted by atomic mass is 16.6. The van der Waals surface area contributed by atoms with Crippen LogP contribution in [0, 0.1) is 0 Å². The van der Waals surface area contributed by atoms with Crippen LogP contribution in [0.25, 0.3) is 0 Å². The molecular weight excluding hydrogens is 330 g/mol. The molecule has 1 N–H and O–H groups in total. The zero-order valence-electron chi connectivity index (χ0n) is 18.1. The molecule has 154 valence electrons. The molecule has 1 atom stereocenters. The summed E-state index contributed by atoms with van der Waals surface area (Å²) in [6, 6.07) is -0.663. The molecule has 0 fully saturated rings. The van der Waals surface area contributed by atoms with E-state index in [1.165, 1.54) is 25.7 Å². The molecule has 5 nitrogen and oxygen atoms in total. The molecule has 0 radical (unpaired) electrons. The van der Waals surface area contributed by atoms with Gasteiger partial charge in [0.1, 0.15) is 11.6 Å². The first-order chi connectivity index (χ1) is 11.9. The Kier molecular flexibility index (Phi) is 11.8. The Labute approximate surface area is 160 Å². The zero-order chi connectivity index (χ0) is 20.2. The van der Waals surface area contributed by atoms with Crippen LogP contribution in [0.1, 0.15) is 99.8 Å². The largest absolute Gasteiger partial charge is 0.444 e. The minimum Gasteiger partial charge on any atom is -0.444 e. The van der Waals surface area contributed by atoms with Gasteiger partial charge in [0.05, 0.1) is 12.2 Å². The number of Topliss-reactive ketones (excluding diaryl/α,β-unsaturated/α-hetero) is 1. The zero-order valence-corrected chi connectivity index (χ0v) is 18.1. The number of hydrogen-bond acceptors (Lipinski definition) is 4. The van der Waals surface area contributed by atoms with Gasteiger partial charge in [0.2, 0.25) is 0 Å². The first-order valence-electron chi connectivity index (χ1n) is 10.1. The van der Waals surface area contributed by atoms with Gasteiger partial charge in [0, 0.05) is 6.42 Å². The average molecular weight is 372 g/mol. The summed E-state index contributed by atoms with van der Waals surface area (Å²) in [5.74, 6) is 0.00803. The highest BCUT2D eigenvalue weighted by Gasteiger charge is 2.25. The smallest absolute Gasteiger partial charge is 0.408 e. The Morgan fingerprint density at radius 1 is 0.846 bits per heavy atom. The number of ketones is 1. The average Bonchev–Trinajstić information content (AvgIpc) is 2.47. The maximum Gasteiger partial charge on any atom is 0.408 e. The van der Waals surface area contributed by atoms with Crippen molar-refractivity contribution in [3.8, 4) is 0 Å². The van der Waals surface area contributed by atoms with E-state index >= 15 is 0 Å². The van der Waals surface area contributed by atoms with Gasteiger partial charge in [0.25, 0.3) is 0 Å². The van der Waals surface area contributed by atoms with E-state index < -0.39 is 17.7 Å². The quantitative estimate of drug-likeness (QED) is 0.466. The number of alkyl carbamates (subject to hydrolysis) is 1. The maximum absolute atomic E-state index is 12.5. The minimum atomic E-state index is -0.663. The van der Waals surface area contributed by atoms with Crippen LogP contribution in [-0.4, -0.2) is 35.7 Å². The Bertz CT molecular complexity index is 407. The fourth-order valence-electron chi connectivity index (χ4n) is 2.43. The van der Waals surface area contributed by atoms with E-state index in [4.69, 9.17) is 9.47 Å². The molecule has 0 aliphatic rings. The molecule has 0 rings (SSSR count). The second-order valence-corrected chi connectivity index (χ2v) is 8.96. The third kappa shape index (κ3) is 15.2. The number of carbonyl (C=O) groups excluding carboxylic acids is 2. The van der Waals surface area contributed by atoms with Crippen LogP contribution in [0.15, 0.2) is 0 Å². The van der Waals surface area contributed by atoms with Crippen molar-refractivity contribution in [3.05, 3.63) is 0 Å². The van der Waals surface area contributed by atoms with Gasteiger partial charge in [-0.1, -0.05) is 45.4 Å². The van der Waals surface area contributed by atoms with Crippen molar-refractivity contribution in [2.45, 2.75) is 117 Å². The van der Waals surface area contributed by atoms with Gasteiger partial charge in [-0.05, 0) is 48.0 Å². The van der Waals surface area contributed by atoms with E-state index in [-0.39, 0.29) is 18.0 Å². The maximum atomic E-state index is 12.5. The molecule has 0 aromatic carbocycles. The summed E-state index contributed by atoms with van der Waals surface area (Å²) in [6.45, 7) is 13.6. The molecule has 0 unspecified atom stereocenters. The van der Waals surface area contributed by atoms with Crippen molar-refractivity contribution in [2.75, 3.05) is 6.61 Å². The molecule has 5 heteroatoms. The van der Waals surface area contributed by atoms with Crippen molar-refractivity contribution < 1.29 is 19.1 Å². The van der Waals surface area contributed by atoms with Gasteiger partial charge in [-0.2, -0.15) is 0 Å². The summed E-state index contributed by atoms with van der Waals surface area (Å²) in [5, 5.41) is 2.68. The molecule has 0 saturated carbocycles. The molecule has 0 heterocycles. The molecule has 26 heavy (non-hydrogen) atoms. The van der Waals surface area contributed by atoms with Gasteiger partial charge in [-0.25, -0.2) is 4.79 Å². The van der Waals surface area contributed by atoms with Crippen molar-refractivity contribution in [1.29, 1.82) is 0 Å². The van der Waals surface area contributed by atoms with Crippen molar-refractivity contribution in [3.63, 3.8) is 0 Å². The number of amides is 1. The monoisotopic (exact) mass is 371 g/mol. The number of nitrogens with one attached hydrogen (secondary N) is 1. The fourth-order valence-corrected chi connectivity index (χ4v) is 2.43. The number of hydrogen-bond donors (Lipinski definition) is 1. The standard InChI is InChI=1S/C21H41NO4/c1-8-9-10-11-12-13-14-15-18(23)17(16-25-20(2,3)4)22-19(24)26-21(5,6)7/h17H,8-16H2,1-7H3,(H,22,24)/t17-/m0/s1.